The molecule has 0 aliphatic rings. The molecule has 0 aliphatic carbocycles. The molecule has 3 nitrogen and oxygen atoms in total. The highest BCUT2D eigenvalue weighted by atomic mass is 16.3. The van der Waals surface area contributed by atoms with Crippen molar-refractivity contribution >= 4 is 5.78 Å². The van der Waals surface area contributed by atoms with Gasteiger partial charge < -0.3 is 5.11 Å². The van der Waals surface area contributed by atoms with E-state index in [0.29, 0.717) is 18.4 Å². The molecule has 1 heterocycles. The maximum Gasteiger partial charge on any atom is 0.163 e. The zero-order valence-corrected chi connectivity index (χ0v) is 6.73. The van der Waals surface area contributed by atoms with Gasteiger partial charge in [-0.2, -0.15) is 0 Å². The highest BCUT2D eigenvalue weighted by Crippen LogP contribution is 2.02. The predicted molar refractivity (Wildman–Crippen MR) is 44.9 cm³/mol. The number of hydrogen-bond donors (Lipinski definition) is 1. The van der Waals surface area contributed by atoms with Gasteiger partial charge in [0.1, 0.15) is 0 Å². The monoisotopic (exact) mass is 165 g/mol. The molecule has 0 amide bonds. The molecule has 0 radical (unpaired) electrons. The van der Waals surface area contributed by atoms with Gasteiger partial charge in [-0.1, -0.05) is 0 Å². The van der Waals surface area contributed by atoms with Gasteiger partial charge in [-0.05, 0) is 18.6 Å². The molecule has 0 atom stereocenters. The summed E-state index contributed by atoms with van der Waals surface area (Å²) >= 11 is 0. The lowest BCUT2D eigenvalue weighted by Gasteiger charge is -1.97. The summed E-state index contributed by atoms with van der Waals surface area (Å²) in [5.74, 6) is 0.0615. The second-order valence-corrected chi connectivity index (χ2v) is 2.49. The zero-order valence-electron chi connectivity index (χ0n) is 6.73. The number of aliphatic hydroxyl groups excluding tert-OH is 1. The van der Waals surface area contributed by atoms with Gasteiger partial charge in [0, 0.05) is 31.0 Å². The van der Waals surface area contributed by atoms with Gasteiger partial charge in [-0.15, -0.1) is 0 Å². The van der Waals surface area contributed by atoms with Crippen LogP contribution in [0.1, 0.15) is 23.2 Å². The number of carbonyl (C=O) groups excluding carboxylic acids is 1. The lowest BCUT2D eigenvalue weighted by molar-refractivity contribution is 0.0971. The van der Waals surface area contributed by atoms with Crippen molar-refractivity contribution in [1.82, 2.24) is 4.98 Å². The van der Waals surface area contributed by atoms with Crippen LogP contribution in [0.3, 0.4) is 0 Å². The lowest BCUT2D eigenvalue weighted by atomic mass is 10.1. The summed E-state index contributed by atoms with van der Waals surface area (Å²) in [6, 6.07) is 3.36. The Labute approximate surface area is 71.1 Å². The van der Waals surface area contributed by atoms with Gasteiger partial charge in [-0.25, -0.2) is 0 Å². The minimum Gasteiger partial charge on any atom is -0.396 e. The number of hydrogen-bond acceptors (Lipinski definition) is 3. The summed E-state index contributed by atoms with van der Waals surface area (Å²) in [6.45, 7) is 0.0663. The Balaban J connectivity index is 2.54. The van der Waals surface area contributed by atoms with Crippen LogP contribution >= 0.6 is 0 Å². The van der Waals surface area contributed by atoms with E-state index in [9.17, 15) is 4.79 Å². The fraction of sp³-hybridized carbons (Fsp3) is 0.333. The lowest BCUT2D eigenvalue weighted by Crippen LogP contribution is -1.99. The van der Waals surface area contributed by atoms with Crippen molar-refractivity contribution in [2.24, 2.45) is 0 Å². The van der Waals surface area contributed by atoms with Crippen molar-refractivity contribution in [3.05, 3.63) is 30.1 Å². The van der Waals surface area contributed by atoms with E-state index in [1.807, 2.05) is 0 Å². The molecular weight excluding hydrogens is 154 g/mol. The second-order valence-electron chi connectivity index (χ2n) is 2.49. The van der Waals surface area contributed by atoms with Crippen LogP contribution in [-0.2, 0) is 0 Å². The molecule has 0 unspecified atom stereocenters. The van der Waals surface area contributed by atoms with Crippen molar-refractivity contribution in [1.29, 1.82) is 0 Å². The van der Waals surface area contributed by atoms with Crippen LogP contribution in [0.4, 0.5) is 0 Å². The fourth-order valence-corrected chi connectivity index (χ4v) is 0.922. The van der Waals surface area contributed by atoms with Crippen molar-refractivity contribution in [2.45, 2.75) is 12.8 Å². The Morgan fingerprint density at radius 2 is 2.08 bits per heavy atom. The van der Waals surface area contributed by atoms with Crippen molar-refractivity contribution in [3.63, 3.8) is 0 Å². The van der Waals surface area contributed by atoms with E-state index >= 15 is 0 Å². The standard InChI is InChI=1S/C9H11NO2/c11-7-1-2-9(12)8-3-5-10-6-4-8/h3-6,11H,1-2,7H2. The first kappa shape index (κ1) is 8.87. The SMILES string of the molecule is O=C(CCCO)c1ccncc1. The van der Waals surface area contributed by atoms with E-state index in [1.54, 1.807) is 24.5 Å². The number of Topliss-reactive ketones (excluding diaryl/α,β-unsaturated/α-hetero) is 1. The van der Waals surface area contributed by atoms with Crippen molar-refractivity contribution < 1.29 is 9.90 Å². The van der Waals surface area contributed by atoms with Crippen LogP contribution in [0.5, 0.6) is 0 Å². The third-order valence-corrected chi connectivity index (χ3v) is 1.56. The van der Waals surface area contributed by atoms with Crippen molar-refractivity contribution in [2.75, 3.05) is 6.61 Å². The average Bonchev–Trinajstić information content (AvgIpc) is 2.15. The van der Waals surface area contributed by atoms with Gasteiger partial charge in [0.15, 0.2) is 5.78 Å². The Hall–Kier alpha value is -1.22. The maximum atomic E-state index is 11.3. The van der Waals surface area contributed by atoms with Crippen LogP contribution in [0.2, 0.25) is 0 Å². The minimum atomic E-state index is 0.0615. The molecule has 12 heavy (non-hydrogen) atoms. The third-order valence-electron chi connectivity index (χ3n) is 1.56. The molecule has 0 spiro atoms. The number of ketones is 1. The Morgan fingerprint density at radius 3 is 2.67 bits per heavy atom. The molecule has 0 saturated carbocycles. The fourth-order valence-electron chi connectivity index (χ4n) is 0.922. The van der Waals surface area contributed by atoms with Gasteiger partial charge in [0.25, 0.3) is 0 Å². The third kappa shape index (κ3) is 2.43. The van der Waals surface area contributed by atoms with E-state index in [4.69, 9.17) is 5.11 Å². The van der Waals surface area contributed by atoms with E-state index < -0.39 is 0 Å². The first-order valence-electron chi connectivity index (χ1n) is 3.88. The first-order chi connectivity index (χ1) is 5.84. The number of rotatable bonds is 4. The molecule has 0 saturated heterocycles. The molecule has 1 rings (SSSR count). The highest BCUT2D eigenvalue weighted by molar-refractivity contribution is 5.95. The molecule has 64 valence electrons. The summed E-state index contributed by atoms with van der Waals surface area (Å²) in [5, 5.41) is 8.50. The predicted octanol–water partition coefficient (Wildman–Crippen LogP) is 1.04. The summed E-state index contributed by atoms with van der Waals surface area (Å²) in [7, 11) is 0. The molecule has 0 bridgehead atoms. The van der Waals surface area contributed by atoms with Crippen LogP contribution in [0, 0.1) is 0 Å². The molecule has 0 aliphatic heterocycles. The highest BCUT2D eigenvalue weighted by Gasteiger charge is 2.03. The van der Waals surface area contributed by atoms with Crippen LogP contribution in [0.15, 0.2) is 24.5 Å². The van der Waals surface area contributed by atoms with Gasteiger partial charge >= 0.3 is 0 Å². The normalized spacial score (nSPS) is 9.75. The van der Waals surface area contributed by atoms with Crippen LogP contribution in [-0.4, -0.2) is 22.5 Å². The second kappa shape index (κ2) is 4.62. The molecule has 3 heteroatoms. The van der Waals surface area contributed by atoms with Gasteiger partial charge in [0.05, 0.1) is 0 Å². The maximum absolute atomic E-state index is 11.3. The topological polar surface area (TPSA) is 50.2 Å². The average molecular weight is 165 g/mol. The number of carbonyl (C=O) groups is 1. The van der Waals surface area contributed by atoms with E-state index in [2.05, 4.69) is 4.98 Å². The Morgan fingerprint density at radius 1 is 1.42 bits per heavy atom. The number of pyridine rings is 1. The van der Waals surface area contributed by atoms with E-state index in [-0.39, 0.29) is 12.4 Å². The number of aliphatic hydroxyl groups is 1. The number of nitrogens with zero attached hydrogens (tertiary/aromatic N) is 1. The molecule has 0 aromatic carbocycles. The van der Waals surface area contributed by atoms with Crippen LogP contribution < -0.4 is 0 Å². The smallest absolute Gasteiger partial charge is 0.163 e. The Kier molecular flexibility index (Phi) is 3.41. The Bertz CT molecular complexity index is 246. The zero-order chi connectivity index (χ0) is 8.81. The molecule has 0 fully saturated rings. The first-order valence-corrected chi connectivity index (χ1v) is 3.88. The van der Waals surface area contributed by atoms with Crippen molar-refractivity contribution in [3.8, 4) is 0 Å². The number of aromatic nitrogens is 1. The molecular formula is C9H11NO2. The molecule has 1 aromatic heterocycles. The molecule has 1 N–H and O–H groups in total. The summed E-state index contributed by atoms with van der Waals surface area (Å²) in [4.78, 5) is 15.1. The van der Waals surface area contributed by atoms with Gasteiger partial charge in [0.2, 0.25) is 0 Å². The van der Waals surface area contributed by atoms with Crippen LogP contribution in [0.25, 0.3) is 0 Å². The summed E-state index contributed by atoms with van der Waals surface area (Å²) in [5.41, 5.74) is 0.665. The minimum absolute atomic E-state index is 0.0615. The summed E-state index contributed by atoms with van der Waals surface area (Å²) < 4.78 is 0. The summed E-state index contributed by atoms with van der Waals surface area (Å²) in [6.07, 6.45) is 4.11. The van der Waals surface area contributed by atoms with Gasteiger partial charge in [-0.3, -0.25) is 9.78 Å². The van der Waals surface area contributed by atoms with E-state index in [1.165, 1.54) is 0 Å². The molecule has 1 aromatic rings. The van der Waals surface area contributed by atoms with E-state index in [0.717, 1.165) is 0 Å². The largest absolute Gasteiger partial charge is 0.396 e. The quantitative estimate of drug-likeness (QED) is 0.678.